The van der Waals surface area contributed by atoms with Gasteiger partial charge in [-0.25, -0.2) is 8.42 Å². The van der Waals surface area contributed by atoms with Crippen molar-refractivity contribution in [2.24, 2.45) is 0 Å². The van der Waals surface area contributed by atoms with E-state index in [0.717, 1.165) is 4.47 Å². The molecule has 0 saturated carbocycles. The summed E-state index contributed by atoms with van der Waals surface area (Å²) in [5, 5.41) is 2.60. The number of piperazine rings is 1. The first kappa shape index (κ1) is 22.3. The van der Waals surface area contributed by atoms with Crippen molar-refractivity contribution in [3.05, 3.63) is 58.6 Å². The number of carbonyl (C=O) groups excluding carboxylic acids is 2. The lowest BCUT2D eigenvalue weighted by Gasteiger charge is -2.34. The Hall–Kier alpha value is -2.43. The second kappa shape index (κ2) is 9.59. The highest BCUT2D eigenvalue weighted by Crippen LogP contribution is 2.20. The molecule has 0 aliphatic carbocycles. The minimum absolute atomic E-state index is 0.139. The van der Waals surface area contributed by atoms with Gasteiger partial charge in [-0.05, 0) is 48.5 Å². The van der Waals surface area contributed by atoms with Gasteiger partial charge >= 0.3 is 0 Å². The first-order valence-corrected chi connectivity index (χ1v) is 11.5. The lowest BCUT2D eigenvalue weighted by atomic mass is 10.2. The van der Waals surface area contributed by atoms with Crippen molar-refractivity contribution < 1.29 is 22.7 Å². The van der Waals surface area contributed by atoms with Gasteiger partial charge in [0.1, 0.15) is 5.75 Å². The Balaban J connectivity index is 1.52. The number of hydrogen-bond donors (Lipinski definition) is 1. The van der Waals surface area contributed by atoms with Crippen LogP contribution in [-0.2, 0) is 14.8 Å². The van der Waals surface area contributed by atoms with Crippen molar-refractivity contribution in [1.29, 1.82) is 0 Å². The highest BCUT2D eigenvalue weighted by Gasteiger charge is 2.30. The molecule has 8 nitrogen and oxygen atoms in total. The van der Waals surface area contributed by atoms with Gasteiger partial charge in [0.25, 0.3) is 5.91 Å². The molecule has 3 rings (SSSR count). The van der Waals surface area contributed by atoms with Crippen LogP contribution in [0, 0.1) is 0 Å². The van der Waals surface area contributed by atoms with Crippen LogP contribution >= 0.6 is 15.9 Å². The van der Waals surface area contributed by atoms with E-state index in [1.54, 1.807) is 41.3 Å². The molecule has 0 radical (unpaired) electrons. The van der Waals surface area contributed by atoms with Crippen molar-refractivity contribution >= 4 is 37.8 Å². The van der Waals surface area contributed by atoms with Gasteiger partial charge in [0.05, 0.1) is 18.6 Å². The maximum atomic E-state index is 12.8. The number of rotatable bonds is 6. The second-order valence-corrected chi connectivity index (χ2v) is 9.50. The average molecular weight is 496 g/mol. The summed E-state index contributed by atoms with van der Waals surface area (Å²) in [5.74, 6) is -0.00641. The highest BCUT2D eigenvalue weighted by atomic mass is 79.9. The molecule has 0 bridgehead atoms. The van der Waals surface area contributed by atoms with Crippen molar-refractivity contribution in [2.75, 3.05) is 39.8 Å². The van der Waals surface area contributed by atoms with Gasteiger partial charge in [-0.3, -0.25) is 9.59 Å². The predicted octanol–water partition coefficient (Wildman–Crippen LogP) is 1.72. The molecular weight excluding hydrogens is 474 g/mol. The van der Waals surface area contributed by atoms with Gasteiger partial charge in [-0.1, -0.05) is 15.9 Å². The maximum absolute atomic E-state index is 12.8. The van der Waals surface area contributed by atoms with Crippen LogP contribution in [0.3, 0.4) is 0 Å². The fraction of sp³-hybridized carbons (Fsp3) is 0.300. The number of ether oxygens (including phenoxy) is 1. The predicted molar refractivity (Wildman–Crippen MR) is 115 cm³/mol. The Kier molecular flexibility index (Phi) is 7.11. The number of nitrogens with one attached hydrogen (secondary N) is 1. The molecule has 1 aliphatic rings. The molecule has 30 heavy (non-hydrogen) atoms. The van der Waals surface area contributed by atoms with Gasteiger partial charge < -0.3 is 15.0 Å². The van der Waals surface area contributed by atoms with E-state index in [1.165, 1.54) is 23.5 Å². The number of carbonyl (C=O) groups is 2. The van der Waals surface area contributed by atoms with E-state index in [9.17, 15) is 18.0 Å². The molecule has 0 atom stereocenters. The van der Waals surface area contributed by atoms with Crippen LogP contribution < -0.4 is 10.1 Å². The minimum Gasteiger partial charge on any atom is -0.497 e. The maximum Gasteiger partial charge on any atom is 0.251 e. The standard InChI is InChI=1S/C20H22BrN3O5S/c1-29-17-6-8-18(9-7-17)30(27,28)24-12-10-23(11-13-24)19(25)14-22-20(26)15-2-4-16(21)5-3-15/h2-9H,10-14H2,1H3,(H,22,26). The summed E-state index contributed by atoms with van der Waals surface area (Å²) < 4.78 is 32.8. The summed E-state index contributed by atoms with van der Waals surface area (Å²) in [4.78, 5) is 26.3. The Labute approximate surface area is 184 Å². The largest absolute Gasteiger partial charge is 0.497 e. The van der Waals surface area contributed by atoms with E-state index in [4.69, 9.17) is 4.74 Å². The molecule has 1 N–H and O–H groups in total. The van der Waals surface area contributed by atoms with Crippen molar-refractivity contribution in [3.63, 3.8) is 0 Å². The highest BCUT2D eigenvalue weighted by molar-refractivity contribution is 9.10. The number of halogens is 1. The zero-order valence-corrected chi connectivity index (χ0v) is 18.8. The molecule has 1 fully saturated rings. The normalized spacial score (nSPS) is 14.9. The summed E-state index contributed by atoms with van der Waals surface area (Å²) in [6.45, 7) is 0.784. The van der Waals surface area contributed by atoms with Crippen LogP contribution in [0.2, 0.25) is 0 Å². The monoisotopic (exact) mass is 495 g/mol. The first-order valence-electron chi connectivity index (χ1n) is 9.27. The van der Waals surface area contributed by atoms with Crippen molar-refractivity contribution in [2.45, 2.75) is 4.90 Å². The van der Waals surface area contributed by atoms with Crippen molar-refractivity contribution in [1.82, 2.24) is 14.5 Å². The summed E-state index contributed by atoms with van der Waals surface area (Å²) in [5.41, 5.74) is 0.460. The van der Waals surface area contributed by atoms with Gasteiger partial charge in [0, 0.05) is 36.2 Å². The SMILES string of the molecule is COc1ccc(S(=O)(=O)N2CCN(C(=O)CNC(=O)c3ccc(Br)cc3)CC2)cc1. The van der Waals surface area contributed by atoms with Crippen LogP contribution in [0.1, 0.15) is 10.4 Å². The molecule has 160 valence electrons. The Morgan fingerprint density at radius 3 is 2.17 bits per heavy atom. The van der Waals surface area contributed by atoms with Crippen LogP contribution in [0.15, 0.2) is 57.9 Å². The molecule has 2 aromatic carbocycles. The smallest absolute Gasteiger partial charge is 0.251 e. The molecule has 0 unspecified atom stereocenters. The summed E-state index contributed by atoms with van der Waals surface area (Å²) in [7, 11) is -2.12. The molecule has 0 aromatic heterocycles. The number of methoxy groups -OCH3 is 1. The third-order valence-electron chi connectivity index (χ3n) is 4.80. The van der Waals surface area contributed by atoms with E-state index in [2.05, 4.69) is 21.2 Å². The Morgan fingerprint density at radius 1 is 1.00 bits per heavy atom. The number of hydrogen-bond acceptors (Lipinski definition) is 5. The molecule has 10 heteroatoms. The summed E-state index contributed by atoms with van der Waals surface area (Å²) in [6, 6.07) is 13.0. The quantitative estimate of drug-likeness (QED) is 0.657. The third-order valence-corrected chi connectivity index (χ3v) is 7.24. The van der Waals surface area contributed by atoms with Gasteiger partial charge in [0.15, 0.2) is 0 Å². The molecule has 2 aromatic rings. The molecule has 1 aliphatic heterocycles. The van der Waals surface area contributed by atoms with E-state index < -0.39 is 10.0 Å². The van der Waals surface area contributed by atoms with Crippen LogP contribution in [0.5, 0.6) is 5.75 Å². The number of sulfonamides is 1. The zero-order valence-electron chi connectivity index (χ0n) is 16.4. The summed E-state index contributed by atoms with van der Waals surface area (Å²) in [6.07, 6.45) is 0. The number of amides is 2. The van der Waals surface area contributed by atoms with E-state index in [0.29, 0.717) is 11.3 Å². The first-order chi connectivity index (χ1) is 14.3. The molecule has 1 saturated heterocycles. The topological polar surface area (TPSA) is 96.0 Å². The molecule has 2 amide bonds. The van der Waals surface area contributed by atoms with Crippen molar-refractivity contribution in [3.8, 4) is 5.75 Å². The van der Waals surface area contributed by atoms with Crippen LogP contribution in [0.4, 0.5) is 0 Å². The number of benzene rings is 2. The lowest BCUT2D eigenvalue weighted by molar-refractivity contribution is -0.131. The van der Waals surface area contributed by atoms with E-state index in [1.807, 2.05) is 0 Å². The van der Waals surface area contributed by atoms with E-state index in [-0.39, 0.29) is 49.4 Å². The molecule has 0 spiro atoms. The Morgan fingerprint density at radius 2 is 1.60 bits per heavy atom. The van der Waals surface area contributed by atoms with Crippen LogP contribution in [0.25, 0.3) is 0 Å². The van der Waals surface area contributed by atoms with E-state index >= 15 is 0 Å². The average Bonchev–Trinajstić information content (AvgIpc) is 2.77. The third kappa shape index (κ3) is 5.18. The lowest BCUT2D eigenvalue weighted by Crippen LogP contribution is -2.52. The van der Waals surface area contributed by atoms with Gasteiger partial charge in [-0.2, -0.15) is 4.31 Å². The minimum atomic E-state index is -3.64. The molecule has 1 heterocycles. The second-order valence-electron chi connectivity index (χ2n) is 6.65. The summed E-state index contributed by atoms with van der Waals surface area (Å²) >= 11 is 3.30. The molecular formula is C20H22BrN3O5S. The fourth-order valence-electron chi connectivity index (χ4n) is 3.05. The van der Waals surface area contributed by atoms with Gasteiger partial charge in [0.2, 0.25) is 15.9 Å². The zero-order chi connectivity index (χ0) is 21.7. The Bertz CT molecular complexity index is 1000. The van der Waals surface area contributed by atoms with Gasteiger partial charge in [-0.15, -0.1) is 0 Å². The number of nitrogens with zero attached hydrogens (tertiary/aromatic N) is 2. The fourth-order valence-corrected chi connectivity index (χ4v) is 4.73. The van der Waals surface area contributed by atoms with Crippen LogP contribution in [-0.4, -0.2) is 69.3 Å².